The highest BCUT2D eigenvalue weighted by atomic mass is 19.4. The van der Waals surface area contributed by atoms with Gasteiger partial charge >= 0.3 is 12.2 Å². The Morgan fingerprint density at radius 1 is 1.21 bits per heavy atom. The van der Waals surface area contributed by atoms with Gasteiger partial charge in [-0.25, -0.2) is 9.18 Å². The second kappa shape index (κ2) is 9.30. The molecule has 0 saturated carbocycles. The number of methoxy groups -OCH3 is 1. The molecule has 1 aliphatic heterocycles. The predicted octanol–water partition coefficient (Wildman–Crippen LogP) is 3.81. The normalized spacial score (nSPS) is 20.7. The molecule has 2 aromatic carbocycles. The number of alkyl halides is 3. The first-order valence-corrected chi connectivity index (χ1v) is 10.8. The van der Waals surface area contributed by atoms with E-state index >= 15 is 0 Å². The van der Waals surface area contributed by atoms with E-state index in [9.17, 15) is 32.6 Å². The molecular formula is C23H25F4N3O4. The van der Waals surface area contributed by atoms with Crippen LogP contribution in [0, 0.1) is 5.82 Å². The number of carbonyl (C=O) groups excluding carboxylic acids is 1. The zero-order valence-corrected chi connectivity index (χ0v) is 18.3. The summed E-state index contributed by atoms with van der Waals surface area (Å²) in [6, 6.07) is 5.11. The van der Waals surface area contributed by atoms with Crippen LogP contribution in [0.5, 0.6) is 5.75 Å². The van der Waals surface area contributed by atoms with Gasteiger partial charge in [0.15, 0.2) is 6.10 Å². The number of hydrogen-bond acceptors (Lipinski definition) is 5. The highest BCUT2D eigenvalue weighted by molar-refractivity contribution is 5.92. The average molecular weight is 483 g/mol. The lowest BCUT2D eigenvalue weighted by Crippen LogP contribution is -2.40. The third kappa shape index (κ3) is 4.76. The van der Waals surface area contributed by atoms with Gasteiger partial charge in [0.2, 0.25) is 0 Å². The number of amides is 2. The smallest absolute Gasteiger partial charge is 0.418 e. The number of aliphatic hydroxyl groups is 2. The van der Waals surface area contributed by atoms with Crippen molar-refractivity contribution in [2.45, 2.75) is 43.7 Å². The topological polar surface area (TPSA) is 94.1 Å². The Labute approximate surface area is 193 Å². The van der Waals surface area contributed by atoms with Gasteiger partial charge in [0.25, 0.3) is 0 Å². The summed E-state index contributed by atoms with van der Waals surface area (Å²) >= 11 is 0. The molecule has 2 aromatic rings. The number of ether oxygens (including phenoxy) is 1. The number of nitrogens with one attached hydrogen (secondary N) is 2. The molecule has 34 heavy (non-hydrogen) atoms. The molecule has 0 radical (unpaired) electrons. The average Bonchev–Trinajstić information content (AvgIpc) is 3.40. The highest BCUT2D eigenvalue weighted by Gasteiger charge is 2.42. The third-order valence-corrected chi connectivity index (χ3v) is 6.19. The van der Waals surface area contributed by atoms with Crippen LogP contribution in [0.15, 0.2) is 30.3 Å². The van der Waals surface area contributed by atoms with Crippen molar-refractivity contribution in [3.8, 4) is 5.75 Å². The maximum Gasteiger partial charge on any atom is 0.418 e. The van der Waals surface area contributed by atoms with Crippen molar-refractivity contribution in [2.75, 3.05) is 30.4 Å². The number of benzene rings is 2. The van der Waals surface area contributed by atoms with E-state index in [0.717, 1.165) is 20.0 Å². The van der Waals surface area contributed by atoms with Crippen LogP contribution in [-0.2, 0) is 6.42 Å². The van der Waals surface area contributed by atoms with E-state index in [1.165, 1.54) is 30.3 Å². The zero-order valence-electron chi connectivity index (χ0n) is 18.3. The van der Waals surface area contributed by atoms with E-state index in [-0.39, 0.29) is 17.9 Å². The molecule has 4 N–H and O–H groups in total. The second-order valence-electron chi connectivity index (χ2n) is 8.45. The Bertz CT molecular complexity index is 1070. The zero-order chi connectivity index (χ0) is 24.6. The summed E-state index contributed by atoms with van der Waals surface area (Å²) in [7, 11) is 1.15. The summed E-state index contributed by atoms with van der Waals surface area (Å²) in [6.45, 7) is 1.26. The number of urea groups is 1. The second-order valence-corrected chi connectivity index (χ2v) is 8.45. The fourth-order valence-electron chi connectivity index (χ4n) is 4.56. The van der Waals surface area contributed by atoms with Crippen molar-refractivity contribution in [3.63, 3.8) is 0 Å². The summed E-state index contributed by atoms with van der Waals surface area (Å²) in [4.78, 5) is 14.6. The third-order valence-electron chi connectivity index (χ3n) is 6.19. The van der Waals surface area contributed by atoms with Crippen LogP contribution in [0.3, 0.4) is 0 Å². The van der Waals surface area contributed by atoms with Crippen LogP contribution in [0.2, 0.25) is 0 Å². The van der Waals surface area contributed by atoms with Crippen molar-refractivity contribution < 1.29 is 37.3 Å². The monoisotopic (exact) mass is 483 g/mol. The Balaban J connectivity index is 1.60. The number of nitrogens with zero attached hydrogens (tertiary/aromatic N) is 1. The Morgan fingerprint density at radius 3 is 2.56 bits per heavy atom. The largest absolute Gasteiger partial charge is 0.494 e. The van der Waals surface area contributed by atoms with E-state index in [0.29, 0.717) is 29.9 Å². The van der Waals surface area contributed by atoms with Crippen molar-refractivity contribution in [2.24, 2.45) is 0 Å². The van der Waals surface area contributed by atoms with Gasteiger partial charge in [0.1, 0.15) is 11.6 Å². The van der Waals surface area contributed by atoms with Crippen molar-refractivity contribution in [1.82, 2.24) is 5.32 Å². The standard InChI is InChI=1S/C23H25F4N3O4/c1-34-20-16(21(32)23(25,26)27)10-14(30-6-2-3-7-30)11-18(20)29-22(33)28-17-9-12-8-13(24)4-5-15(12)19(17)31/h4-5,8,10-11,17,19,21,31-32H,2-3,6-7,9H2,1H3,(H2,28,29,33). The molecule has 0 spiro atoms. The van der Waals surface area contributed by atoms with Crippen LogP contribution in [0.25, 0.3) is 0 Å². The summed E-state index contributed by atoms with van der Waals surface area (Å²) in [5, 5.41) is 25.5. The maximum atomic E-state index is 13.5. The molecule has 11 heteroatoms. The fourth-order valence-corrected chi connectivity index (χ4v) is 4.56. The molecule has 1 fully saturated rings. The minimum absolute atomic E-state index is 0.0567. The molecule has 184 valence electrons. The molecule has 4 rings (SSSR count). The Hall–Kier alpha value is -3.05. The van der Waals surface area contributed by atoms with Crippen LogP contribution < -0.4 is 20.3 Å². The lowest BCUT2D eigenvalue weighted by molar-refractivity contribution is -0.207. The number of carbonyl (C=O) groups is 1. The van der Waals surface area contributed by atoms with Gasteiger partial charge in [0, 0.05) is 24.3 Å². The van der Waals surface area contributed by atoms with E-state index in [1.54, 1.807) is 0 Å². The summed E-state index contributed by atoms with van der Waals surface area (Å²) in [6.07, 6.45) is -6.90. The van der Waals surface area contributed by atoms with Gasteiger partial charge in [-0.1, -0.05) is 6.07 Å². The van der Waals surface area contributed by atoms with E-state index in [4.69, 9.17) is 4.74 Å². The summed E-state index contributed by atoms with van der Waals surface area (Å²) < 4.78 is 58.7. The molecule has 1 aliphatic carbocycles. The molecule has 0 bridgehead atoms. The van der Waals surface area contributed by atoms with Gasteiger partial charge in [0.05, 0.1) is 24.9 Å². The van der Waals surface area contributed by atoms with Gasteiger partial charge in [-0.05, 0) is 54.7 Å². The lowest BCUT2D eigenvalue weighted by atomic mass is 10.0. The van der Waals surface area contributed by atoms with E-state index in [1.807, 2.05) is 4.90 Å². The van der Waals surface area contributed by atoms with Gasteiger partial charge in [-0.15, -0.1) is 0 Å². The molecule has 1 saturated heterocycles. The van der Waals surface area contributed by atoms with Gasteiger partial charge < -0.3 is 30.5 Å². The van der Waals surface area contributed by atoms with Gasteiger partial charge in [-0.2, -0.15) is 13.2 Å². The first-order valence-electron chi connectivity index (χ1n) is 10.8. The molecule has 3 atom stereocenters. The van der Waals surface area contributed by atoms with E-state index in [2.05, 4.69) is 10.6 Å². The predicted molar refractivity (Wildman–Crippen MR) is 116 cm³/mol. The van der Waals surface area contributed by atoms with Crippen LogP contribution in [0.4, 0.5) is 33.7 Å². The van der Waals surface area contributed by atoms with Crippen molar-refractivity contribution >= 4 is 17.4 Å². The van der Waals surface area contributed by atoms with Crippen molar-refractivity contribution in [1.29, 1.82) is 0 Å². The Morgan fingerprint density at radius 2 is 1.91 bits per heavy atom. The number of anilines is 2. The quantitative estimate of drug-likeness (QED) is 0.486. The number of hydrogen-bond donors (Lipinski definition) is 4. The van der Waals surface area contributed by atoms with Crippen LogP contribution >= 0.6 is 0 Å². The Kier molecular flexibility index (Phi) is 6.59. The lowest BCUT2D eigenvalue weighted by Gasteiger charge is -2.25. The minimum Gasteiger partial charge on any atom is -0.494 e. The number of rotatable bonds is 5. The molecule has 3 unspecified atom stereocenters. The molecule has 2 aliphatic rings. The highest BCUT2D eigenvalue weighted by Crippen LogP contribution is 2.43. The minimum atomic E-state index is -4.94. The van der Waals surface area contributed by atoms with E-state index < -0.39 is 41.8 Å². The molecule has 2 amide bonds. The summed E-state index contributed by atoms with van der Waals surface area (Å²) in [5.41, 5.74) is 0.894. The van der Waals surface area contributed by atoms with Crippen molar-refractivity contribution in [3.05, 3.63) is 52.8 Å². The number of aliphatic hydroxyl groups excluding tert-OH is 2. The molecule has 0 aromatic heterocycles. The first-order chi connectivity index (χ1) is 16.1. The molecule has 1 heterocycles. The SMILES string of the molecule is COc1c(NC(=O)NC2Cc3cc(F)ccc3C2O)cc(N2CCCC2)cc1C(O)C(F)(F)F. The van der Waals surface area contributed by atoms with Crippen LogP contribution in [0.1, 0.15) is 41.7 Å². The van der Waals surface area contributed by atoms with Gasteiger partial charge in [-0.3, -0.25) is 0 Å². The number of fused-ring (bicyclic) bond motifs is 1. The maximum absolute atomic E-state index is 13.5. The van der Waals surface area contributed by atoms with Crippen LogP contribution in [-0.4, -0.2) is 48.7 Å². The summed E-state index contributed by atoms with van der Waals surface area (Å²) in [5.74, 6) is -0.782. The molecule has 7 nitrogen and oxygen atoms in total. The molecular weight excluding hydrogens is 458 g/mol. The fraction of sp³-hybridized carbons (Fsp3) is 0.435. The number of halogens is 4. The first kappa shape index (κ1) is 24.1.